The van der Waals surface area contributed by atoms with Gasteiger partial charge in [0, 0.05) is 35.8 Å². The lowest BCUT2D eigenvalue weighted by molar-refractivity contribution is 0.0125. The first-order valence-electron chi connectivity index (χ1n) is 10.5. The Morgan fingerprint density at radius 2 is 1.48 bits per heavy atom. The lowest BCUT2D eigenvalue weighted by Crippen LogP contribution is -2.24. The third-order valence-electron chi connectivity index (χ3n) is 4.96. The van der Waals surface area contributed by atoms with Crippen LogP contribution in [0.1, 0.15) is 37.8 Å². The minimum absolute atomic E-state index is 0.145. The highest BCUT2D eigenvalue weighted by molar-refractivity contribution is 7.94. The first-order valence-corrected chi connectivity index (χ1v) is 11.9. The fraction of sp³-hybridized carbons (Fsp3) is 0.500. The predicted molar refractivity (Wildman–Crippen MR) is 126 cm³/mol. The van der Waals surface area contributed by atoms with E-state index in [-0.39, 0.29) is 18.6 Å². The highest BCUT2D eigenvalue weighted by Crippen LogP contribution is 2.33. The Labute approximate surface area is 194 Å². The van der Waals surface area contributed by atoms with Gasteiger partial charge < -0.3 is 19.3 Å². The van der Waals surface area contributed by atoms with Gasteiger partial charge in [0.1, 0.15) is 24.2 Å². The number of halogens is 2. The summed E-state index contributed by atoms with van der Waals surface area (Å²) in [5, 5.41) is 9.94. The number of hydrogen-bond donors (Lipinski definition) is 1. The van der Waals surface area contributed by atoms with Gasteiger partial charge in [0.15, 0.2) is 0 Å². The molecule has 2 aromatic carbocycles. The molecule has 0 aliphatic rings. The van der Waals surface area contributed by atoms with Gasteiger partial charge in [-0.25, -0.2) is 0 Å². The van der Waals surface area contributed by atoms with Crippen LogP contribution in [-0.4, -0.2) is 49.3 Å². The molecule has 1 atom stereocenters. The summed E-state index contributed by atoms with van der Waals surface area (Å²) >= 11 is 5.98. The standard InChI is InChI=1S/C24H32ClFO4S/c1-24(2,19-5-9-22(10-6-19)29-15-3-13-25)20-7-11-23(12-8-20)30-18-21(27)17-28-14-4-16-31-26/h5-12,21,27H,3-4,13-18H2,1-2H3. The van der Waals surface area contributed by atoms with Gasteiger partial charge in [0.05, 0.1) is 13.2 Å². The second kappa shape index (κ2) is 13.8. The van der Waals surface area contributed by atoms with Crippen molar-refractivity contribution in [2.24, 2.45) is 0 Å². The van der Waals surface area contributed by atoms with E-state index in [0.717, 1.165) is 17.7 Å². The quantitative estimate of drug-likeness (QED) is 0.264. The lowest BCUT2D eigenvalue weighted by Gasteiger charge is -2.26. The molecule has 0 spiro atoms. The Morgan fingerprint density at radius 1 is 0.903 bits per heavy atom. The third-order valence-corrected chi connectivity index (χ3v) is 5.67. The normalized spacial score (nSPS) is 12.5. The highest BCUT2D eigenvalue weighted by Gasteiger charge is 2.23. The van der Waals surface area contributed by atoms with Crippen LogP contribution in [0.3, 0.4) is 0 Å². The second-order valence-electron chi connectivity index (χ2n) is 7.77. The maximum absolute atomic E-state index is 11.9. The Hall–Kier alpha value is -1.47. The molecule has 1 N–H and O–H groups in total. The number of aliphatic hydroxyl groups excluding tert-OH is 1. The van der Waals surface area contributed by atoms with E-state index < -0.39 is 6.10 Å². The van der Waals surface area contributed by atoms with Crippen molar-refractivity contribution in [3.8, 4) is 11.5 Å². The maximum atomic E-state index is 11.9. The SMILES string of the molecule is CC(C)(c1ccc(OCCCCl)cc1)c1ccc(OCC(O)COCCCSF)cc1. The molecule has 0 amide bonds. The fourth-order valence-corrected chi connectivity index (χ4v) is 3.36. The molecule has 0 bridgehead atoms. The van der Waals surface area contributed by atoms with Crippen molar-refractivity contribution >= 4 is 23.7 Å². The van der Waals surface area contributed by atoms with E-state index in [1.54, 1.807) is 0 Å². The Kier molecular flexibility index (Phi) is 11.5. The van der Waals surface area contributed by atoms with Crippen LogP contribution in [0.5, 0.6) is 11.5 Å². The molecule has 172 valence electrons. The van der Waals surface area contributed by atoms with Gasteiger partial charge in [-0.2, -0.15) is 3.89 Å². The molecular weight excluding hydrogens is 439 g/mol. The molecule has 31 heavy (non-hydrogen) atoms. The monoisotopic (exact) mass is 470 g/mol. The van der Waals surface area contributed by atoms with Crippen molar-refractivity contribution < 1.29 is 23.2 Å². The summed E-state index contributed by atoms with van der Waals surface area (Å²) in [6, 6.07) is 16.0. The molecule has 0 aliphatic heterocycles. The summed E-state index contributed by atoms with van der Waals surface area (Å²) in [5.41, 5.74) is 2.16. The van der Waals surface area contributed by atoms with Crippen molar-refractivity contribution in [1.29, 1.82) is 0 Å². The van der Waals surface area contributed by atoms with Gasteiger partial charge in [-0.15, -0.1) is 11.6 Å². The number of hydrogen-bond acceptors (Lipinski definition) is 5. The van der Waals surface area contributed by atoms with E-state index in [0.29, 0.717) is 49.2 Å². The summed E-state index contributed by atoms with van der Waals surface area (Å²) in [5.74, 6) is 2.54. The Balaban J connectivity index is 1.85. The minimum Gasteiger partial charge on any atom is -0.494 e. The first kappa shape index (κ1) is 25.8. The van der Waals surface area contributed by atoms with Gasteiger partial charge in [-0.05, 0) is 48.2 Å². The van der Waals surface area contributed by atoms with Crippen LogP contribution < -0.4 is 9.47 Å². The van der Waals surface area contributed by atoms with Gasteiger partial charge in [0.2, 0.25) is 0 Å². The minimum atomic E-state index is -0.723. The van der Waals surface area contributed by atoms with Crippen LogP contribution in [0.25, 0.3) is 0 Å². The van der Waals surface area contributed by atoms with Gasteiger partial charge in [0.25, 0.3) is 0 Å². The maximum Gasteiger partial charge on any atom is 0.119 e. The van der Waals surface area contributed by atoms with Crippen LogP contribution in [0.4, 0.5) is 3.89 Å². The molecule has 0 saturated heterocycles. The van der Waals surface area contributed by atoms with E-state index in [1.165, 1.54) is 5.56 Å². The zero-order chi connectivity index (χ0) is 22.5. The van der Waals surface area contributed by atoms with E-state index in [4.69, 9.17) is 25.8 Å². The van der Waals surface area contributed by atoms with Crippen molar-refractivity contribution in [3.63, 3.8) is 0 Å². The van der Waals surface area contributed by atoms with E-state index in [9.17, 15) is 8.99 Å². The smallest absolute Gasteiger partial charge is 0.119 e. The molecule has 1 unspecified atom stereocenters. The molecule has 0 aliphatic carbocycles. The molecule has 4 nitrogen and oxygen atoms in total. The van der Waals surface area contributed by atoms with Crippen molar-refractivity contribution in [2.75, 3.05) is 38.1 Å². The molecule has 0 fully saturated rings. The van der Waals surface area contributed by atoms with Crippen LogP contribution in [0.15, 0.2) is 48.5 Å². The van der Waals surface area contributed by atoms with Crippen molar-refractivity contribution in [1.82, 2.24) is 0 Å². The Morgan fingerprint density at radius 3 is 2.03 bits per heavy atom. The van der Waals surface area contributed by atoms with Crippen molar-refractivity contribution in [2.45, 2.75) is 38.2 Å². The summed E-state index contributed by atoms with van der Waals surface area (Å²) in [4.78, 5) is 0. The number of benzene rings is 2. The van der Waals surface area contributed by atoms with Crippen LogP contribution in [0.2, 0.25) is 0 Å². The van der Waals surface area contributed by atoms with E-state index >= 15 is 0 Å². The predicted octanol–water partition coefficient (Wildman–Crippen LogP) is 5.78. The summed E-state index contributed by atoms with van der Waals surface area (Å²) in [6.07, 6.45) is 0.724. The topological polar surface area (TPSA) is 47.9 Å². The van der Waals surface area contributed by atoms with Crippen LogP contribution in [0, 0.1) is 0 Å². The summed E-state index contributed by atoms with van der Waals surface area (Å²) < 4.78 is 28.6. The number of ether oxygens (including phenoxy) is 3. The Bertz CT molecular complexity index is 740. The average molecular weight is 471 g/mol. The molecule has 2 aromatic rings. The third kappa shape index (κ3) is 8.89. The van der Waals surface area contributed by atoms with Crippen LogP contribution >= 0.6 is 23.7 Å². The second-order valence-corrected chi connectivity index (χ2v) is 8.78. The van der Waals surface area contributed by atoms with Gasteiger partial charge >= 0.3 is 0 Å². The highest BCUT2D eigenvalue weighted by atomic mass is 35.5. The molecular formula is C24H32ClFO4S. The average Bonchev–Trinajstić information content (AvgIpc) is 2.78. The van der Waals surface area contributed by atoms with Gasteiger partial charge in [-0.1, -0.05) is 38.1 Å². The van der Waals surface area contributed by atoms with Crippen LogP contribution in [-0.2, 0) is 10.2 Å². The lowest BCUT2D eigenvalue weighted by atomic mass is 9.78. The van der Waals surface area contributed by atoms with E-state index in [1.807, 2.05) is 36.4 Å². The van der Waals surface area contributed by atoms with E-state index in [2.05, 4.69) is 26.0 Å². The largest absolute Gasteiger partial charge is 0.494 e. The summed E-state index contributed by atoms with van der Waals surface area (Å²) in [7, 11) is 0. The molecule has 0 saturated carbocycles. The van der Waals surface area contributed by atoms with Gasteiger partial charge in [-0.3, -0.25) is 0 Å². The zero-order valence-corrected chi connectivity index (χ0v) is 19.8. The summed E-state index contributed by atoms with van der Waals surface area (Å²) in [6.45, 7) is 5.72. The molecule has 0 heterocycles. The molecule has 7 heteroatoms. The number of aliphatic hydroxyl groups is 1. The van der Waals surface area contributed by atoms with Crippen molar-refractivity contribution in [3.05, 3.63) is 59.7 Å². The first-order chi connectivity index (χ1) is 15.0. The number of alkyl halides is 1. The zero-order valence-electron chi connectivity index (χ0n) is 18.2. The molecule has 2 rings (SSSR count). The molecule has 0 aromatic heterocycles. The number of rotatable bonds is 15. The molecule has 0 radical (unpaired) electrons. The fourth-order valence-electron chi connectivity index (χ4n) is 3.02.